The van der Waals surface area contributed by atoms with Gasteiger partial charge in [-0.3, -0.25) is 14.4 Å². The number of aliphatic hydroxyl groups is 2. The fourth-order valence-corrected chi connectivity index (χ4v) is 2.93. The molecule has 0 aliphatic carbocycles. The van der Waals surface area contributed by atoms with Crippen molar-refractivity contribution in [1.29, 1.82) is 0 Å². The van der Waals surface area contributed by atoms with E-state index in [-0.39, 0.29) is 0 Å². The van der Waals surface area contributed by atoms with Gasteiger partial charge in [0.25, 0.3) is 0 Å². The van der Waals surface area contributed by atoms with Crippen LogP contribution in [-0.2, 0) is 19.2 Å². The van der Waals surface area contributed by atoms with Crippen LogP contribution in [0.25, 0.3) is 0 Å². The number of hydrogen-bond donors (Lipinski definition) is 7. The Morgan fingerprint density at radius 1 is 1.00 bits per heavy atom. The molecule has 6 unspecified atom stereocenters. The molecule has 0 radical (unpaired) electrons. The first-order chi connectivity index (χ1) is 14.0. The average Bonchev–Trinajstić information content (AvgIpc) is 2.70. The molecule has 0 aromatic rings. The second-order valence-corrected chi connectivity index (χ2v) is 8.05. The van der Waals surface area contributed by atoms with Gasteiger partial charge in [0, 0.05) is 0 Å². The van der Waals surface area contributed by atoms with Crippen molar-refractivity contribution in [3.63, 3.8) is 0 Å². The van der Waals surface area contributed by atoms with Crippen molar-refractivity contribution in [2.75, 3.05) is 18.6 Å². The topological polar surface area (TPSA) is 191 Å². The molecular formula is C18H34N4O7S. The number of aliphatic carboxylic acids is 1. The summed E-state index contributed by atoms with van der Waals surface area (Å²) in [7, 11) is 0. The van der Waals surface area contributed by atoms with E-state index in [2.05, 4.69) is 16.0 Å². The lowest BCUT2D eigenvalue weighted by molar-refractivity contribution is -0.145. The van der Waals surface area contributed by atoms with Crippen LogP contribution < -0.4 is 21.7 Å². The lowest BCUT2D eigenvalue weighted by atomic mass is 9.97. The summed E-state index contributed by atoms with van der Waals surface area (Å²) in [6.45, 7) is 3.95. The van der Waals surface area contributed by atoms with Crippen LogP contribution in [0, 0.1) is 5.92 Å². The van der Waals surface area contributed by atoms with E-state index in [9.17, 15) is 29.4 Å². The Balaban J connectivity index is 5.25. The van der Waals surface area contributed by atoms with E-state index in [1.165, 1.54) is 18.7 Å². The SMILES string of the molecule is CCC(C)C(NC(=O)C(CO)NC(=O)C(N)CCSC)C(=O)NC(C(=O)O)C(C)O. The Kier molecular flexibility index (Phi) is 13.3. The van der Waals surface area contributed by atoms with Crippen LogP contribution in [0.2, 0.25) is 0 Å². The van der Waals surface area contributed by atoms with Crippen LogP contribution in [-0.4, -0.2) is 87.9 Å². The number of hydrogen-bond acceptors (Lipinski definition) is 8. The van der Waals surface area contributed by atoms with E-state index in [4.69, 9.17) is 10.8 Å². The van der Waals surface area contributed by atoms with E-state index >= 15 is 0 Å². The van der Waals surface area contributed by atoms with Gasteiger partial charge in [-0.2, -0.15) is 11.8 Å². The molecule has 0 heterocycles. The van der Waals surface area contributed by atoms with Crippen LogP contribution in [0.5, 0.6) is 0 Å². The first-order valence-electron chi connectivity index (χ1n) is 9.67. The minimum absolute atomic E-state index is 0.389. The van der Waals surface area contributed by atoms with E-state index < -0.39 is 66.5 Å². The highest BCUT2D eigenvalue weighted by Gasteiger charge is 2.33. The molecule has 0 aromatic carbocycles. The third-order valence-corrected chi connectivity index (χ3v) is 5.27. The number of aliphatic hydroxyl groups excluding tert-OH is 2. The van der Waals surface area contributed by atoms with E-state index in [0.717, 1.165) is 0 Å². The molecule has 8 N–H and O–H groups in total. The maximum atomic E-state index is 12.6. The summed E-state index contributed by atoms with van der Waals surface area (Å²) >= 11 is 1.51. The van der Waals surface area contributed by atoms with Gasteiger partial charge in [0.1, 0.15) is 12.1 Å². The number of carboxylic acids is 1. The molecule has 174 valence electrons. The maximum Gasteiger partial charge on any atom is 0.328 e. The van der Waals surface area contributed by atoms with Gasteiger partial charge >= 0.3 is 5.97 Å². The summed E-state index contributed by atoms with van der Waals surface area (Å²) in [5.74, 6) is -3.39. The first kappa shape index (κ1) is 28.1. The molecule has 0 saturated carbocycles. The molecule has 0 aliphatic heterocycles. The molecule has 0 saturated heterocycles. The Morgan fingerprint density at radius 2 is 1.57 bits per heavy atom. The lowest BCUT2D eigenvalue weighted by Gasteiger charge is -2.28. The van der Waals surface area contributed by atoms with Crippen LogP contribution in [0.4, 0.5) is 0 Å². The van der Waals surface area contributed by atoms with Crippen molar-refractivity contribution in [3.8, 4) is 0 Å². The highest BCUT2D eigenvalue weighted by molar-refractivity contribution is 7.98. The van der Waals surface area contributed by atoms with E-state index in [0.29, 0.717) is 18.6 Å². The summed E-state index contributed by atoms with van der Waals surface area (Å²) in [5.41, 5.74) is 5.76. The molecule has 0 aliphatic rings. The van der Waals surface area contributed by atoms with E-state index in [1.54, 1.807) is 13.8 Å². The highest BCUT2D eigenvalue weighted by atomic mass is 32.2. The smallest absolute Gasteiger partial charge is 0.328 e. The van der Waals surface area contributed by atoms with Gasteiger partial charge in [0.15, 0.2) is 6.04 Å². The molecule has 11 nitrogen and oxygen atoms in total. The molecule has 3 amide bonds. The number of rotatable bonds is 14. The van der Waals surface area contributed by atoms with Crippen molar-refractivity contribution in [2.24, 2.45) is 11.7 Å². The van der Waals surface area contributed by atoms with Crippen molar-refractivity contribution < 1.29 is 34.5 Å². The fourth-order valence-electron chi connectivity index (χ4n) is 2.44. The number of carbonyl (C=O) groups excluding carboxylic acids is 3. The Morgan fingerprint density at radius 3 is 2.00 bits per heavy atom. The van der Waals surface area contributed by atoms with Crippen LogP contribution >= 0.6 is 11.8 Å². The zero-order valence-electron chi connectivity index (χ0n) is 17.8. The standard InChI is InChI=1S/C18H34N4O7S/c1-5-9(2)13(17(27)22-14(10(3)24)18(28)29)21-16(26)12(8-23)20-15(25)11(19)6-7-30-4/h9-14,23-24H,5-8,19H2,1-4H3,(H,20,25)(H,21,26)(H,22,27)(H,28,29). The number of nitrogens with two attached hydrogens (primary N) is 1. The summed E-state index contributed by atoms with van der Waals surface area (Å²) in [6.07, 6.45) is 1.37. The van der Waals surface area contributed by atoms with Crippen molar-refractivity contribution >= 4 is 35.5 Å². The van der Waals surface area contributed by atoms with Gasteiger partial charge in [-0.25, -0.2) is 4.79 Å². The minimum Gasteiger partial charge on any atom is -0.480 e. The largest absolute Gasteiger partial charge is 0.480 e. The van der Waals surface area contributed by atoms with Crippen LogP contribution in [0.1, 0.15) is 33.6 Å². The molecule has 0 aromatic heterocycles. The quantitative estimate of drug-likeness (QED) is 0.157. The number of carboxylic acid groups (broad SMARTS) is 1. The molecule has 6 atom stereocenters. The van der Waals surface area contributed by atoms with Crippen molar-refractivity contribution in [3.05, 3.63) is 0 Å². The molecule has 0 rings (SSSR count). The van der Waals surface area contributed by atoms with Crippen molar-refractivity contribution in [1.82, 2.24) is 16.0 Å². The molecule has 0 fully saturated rings. The molecule has 12 heteroatoms. The Bertz CT molecular complexity index is 591. The fraction of sp³-hybridized carbons (Fsp3) is 0.778. The Labute approximate surface area is 180 Å². The number of carbonyl (C=O) groups is 4. The summed E-state index contributed by atoms with van der Waals surface area (Å²) < 4.78 is 0. The number of nitrogens with one attached hydrogen (secondary N) is 3. The van der Waals surface area contributed by atoms with Gasteiger partial charge in [-0.15, -0.1) is 0 Å². The number of thioether (sulfide) groups is 1. The third kappa shape index (κ3) is 9.28. The molecule has 0 spiro atoms. The van der Waals surface area contributed by atoms with Crippen LogP contribution in [0.15, 0.2) is 0 Å². The predicted molar refractivity (Wildman–Crippen MR) is 113 cm³/mol. The summed E-state index contributed by atoms with van der Waals surface area (Å²) in [5, 5.41) is 35.2. The van der Waals surface area contributed by atoms with Gasteiger partial charge in [0.05, 0.1) is 18.8 Å². The third-order valence-electron chi connectivity index (χ3n) is 4.62. The number of amides is 3. The monoisotopic (exact) mass is 450 g/mol. The van der Waals surface area contributed by atoms with Crippen LogP contribution in [0.3, 0.4) is 0 Å². The van der Waals surface area contributed by atoms with Gasteiger partial charge in [-0.05, 0) is 31.3 Å². The second-order valence-electron chi connectivity index (χ2n) is 7.07. The maximum absolute atomic E-state index is 12.6. The average molecular weight is 451 g/mol. The van der Waals surface area contributed by atoms with Gasteiger partial charge in [-0.1, -0.05) is 20.3 Å². The predicted octanol–water partition coefficient (Wildman–Crippen LogP) is -1.97. The molecule has 30 heavy (non-hydrogen) atoms. The van der Waals surface area contributed by atoms with Gasteiger partial charge < -0.3 is 37.0 Å². The van der Waals surface area contributed by atoms with Gasteiger partial charge in [0.2, 0.25) is 17.7 Å². The zero-order chi connectivity index (χ0) is 23.4. The zero-order valence-corrected chi connectivity index (χ0v) is 18.6. The summed E-state index contributed by atoms with van der Waals surface area (Å²) in [4.78, 5) is 48.5. The minimum atomic E-state index is -1.55. The molecular weight excluding hydrogens is 416 g/mol. The Hall–Kier alpha value is -1.89. The highest BCUT2D eigenvalue weighted by Crippen LogP contribution is 2.10. The second kappa shape index (κ2) is 14.2. The van der Waals surface area contributed by atoms with Crippen molar-refractivity contribution in [2.45, 2.75) is 63.9 Å². The summed E-state index contributed by atoms with van der Waals surface area (Å²) in [6, 6.07) is -4.87. The molecule has 0 bridgehead atoms. The first-order valence-corrected chi connectivity index (χ1v) is 11.1. The van der Waals surface area contributed by atoms with E-state index in [1.807, 2.05) is 6.26 Å². The lowest BCUT2D eigenvalue weighted by Crippen LogP contribution is -2.60. The normalized spacial score (nSPS) is 17.0.